The van der Waals surface area contributed by atoms with Crippen molar-refractivity contribution in [2.24, 2.45) is 0 Å². The lowest BCUT2D eigenvalue weighted by Crippen LogP contribution is -2.13. The second-order valence-electron chi connectivity index (χ2n) is 4.31. The summed E-state index contributed by atoms with van der Waals surface area (Å²) in [7, 11) is 0. The van der Waals surface area contributed by atoms with Crippen LogP contribution in [0.2, 0.25) is 5.02 Å². The molecular formula is C15H14ClFN2OS. The number of benzene rings is 2. The molecule has 1 amide bonds. The van der Waals surface area contributed by atoms with Gasteiger partial charge in [-0.1, -0.05) is 23.7 Å². The van der Waals surface area contributed by atoms with Gasteiger partial charge in [0.15, 0.2) is 0 Å². The van der Waals surface area contributed by atoms with Crippen LogP contribution in [0.3, 0.4) is 0 Å². The first kappa shape index (κ1) is 15.7. The molecule has 2 rings (SSSR count). The molecule has 0 aliphatic carbocycles. The van der Waals surface area contributed by atoms with E-state index in [1.165, 1.54) is 23.9 Å². The van der Waals surface area contributed by atoms with Crippen molar-refractivity contribution in [3.8, 4) is 0 Å². The van der Waals surface area contributed by atoms with Gasteiger partial charge in [0.1, 0.15) is 5.82 Å². The molecule has 0 heterocycles. The highest BCUT2D eigenvalue weighted by atomic mass is 35.5. The second-order valence-corrected chi connectivity index (χ2v) is 5.88. The first-order valence-electron chi connectivity index (χ1n) is 6.28. The Morgan fingerprint density at radius 1 is 1.29 bits per heavy atom. The Morgan fingerprint density at radius 3 is 2.76 bits per heavy atom. The van der Waals surface area contributed by atoms with Crippen LogP contribution < -0.4 is 11.1 Å². The van der Waals surface area contributed by atoms with Gasteiger partial charge >= 0.3 is 0 Å². The number of thioether (sulfide) groups is 1. The van der Waals surface area contributed by atoms with E-state index < -0.39 is 5.82 Å². The Morgan fingerprint density at radius 2 is 2.05 bits per heavy atom. The first-order valence-corrected chi connectivity index (χ1v) is 7.65. The van der Waals surface area contributed by atoms with Crippen molar-refractivity contribution in [2.75, 3.05) is 16.8 Å². The normalized spacial score (nSPS) is 10.4. The van der Waals surface area contributed by atoms with E-state index in [-0.39, 0.29) is 18.0 Å². The highest BCUT2D eigenvalue weighted by Gasteiger charge is 2.07. The van der Waals surface area contributed by atoms with Crippen LogP contribution in [-0.4, -0.2) is 11.7 Å². The number of nitrogen functional groups attached to an aromatic ring is 1. The number of hydrogen-bond acceptors (Lipinski definition) is 3. The molecule has 0 radical (unpaired) electrons. The largest absolute Gasteiger partial charge is 0.398 e. The molecule has 0 fully saturated rings. The van der Waals surface area contributed by atoms with Crippen LogP contribution in [0, 0.1) is 5.82 Å². The average Bonchev–Trinajstić information content (AvgIpc) is 2.44. The van der Waals surface area contributed by atoms with Gasteiger partial charge in [0.25, 0.3) is 0 Å². The smallest absolute Gasteiger partial charge is 0.225 e. The Kier molecular flexibility index (Phi) is 5.47. The third-order valence-electron chi connectivity index (χ3n) is 2.71. The van der Waals surface area contributed by atoms with Crippen molar-refractivity contribution in [1.29, 1.82) is 0 Å². The van der Waals surface area contributed by atoms with E-state index in [4.69, 9.17) is 17.3 Å². The Balaban J connectivity index is 1.83. The number of nitrogens with two attached hydrogens (primary N) is 1. The van der Waals surface area contributed by atoms with E-state index in [0.29, 0.717) is 16.5 Å². The van der Waals surface area contributed by atoms with Gasteiger partial charge < -0.3 is 11.1 Å². The average molecular weight is 325 g/mol. The van der Waals surface area contributed by atoms with Gasteiger partial charge in [-0.2, -0.15) is 0 Å². The van der Waals surface area contributed by atoms with Crippen molar-refractivity contribution in [2.45, 2.75) is 11.3 Å². The predicted molar refractivity (Wildman–Crippen MR) is 86.2 cm³/mol. The molecule has 0 saturated carbocycles. The summed E-state index contributed by atoms with van der Waals surface area (Å²) in [6.45, 7) is 0. The van der Waals surface area contributed by atoms with Gasteiger partial charge in [-0.15, -0.1) is 11.8 Å². The van der Waals surface area contributed by atoms with E-state index in [9.17, 15) is 9.18 Å². The molecule has 3 nitrogen and oxygen atoms in total. The molecule has 2 aromatic carbocycles. The van der Waals surface area contributed by atoms with Crippen LogP contribution in [0.15, 0.2) is 47.4 Å². The fourth-order valence-electron chi connectivity index (χ4n) is 1.68. The molecule has 0 saturated heterocycles. The summed E-state index contributed by atoms with van der Waals surface area (Å²) in [5.41, 5.74) is 6.60. The van der Waals surface area contributed by atoms with Crippen LogP contribution in [0.1, 0.15) is 6.42 Å². The van der Waals surface area contributed by atoms with Crippen molar-refractivity contribution in [3.05, 3.63) is 53.3 Å². The summed E-state index contributed by atoms with van der Waals surface area (Å²) in [5.74, 6) is -0.132. The van der Waals surface area contributed by atoms with E-state index in [2.05, 4.69) is 5.32 Å². The zero-order valence-electron chi connectivity index (χ0n) is 11.1. The summed E-state index contributed by atoms with van der Waals surface area (Å²) < 4.78 is 13.4. The van der Waals surface area contributed by atoms with Gasteiger partial charge in [-0.3, -0.25) is 4.79 Å². The summed E-state index contributed by atoms with van der Waals surface area (Å²) in [6, 6.07) is 11.3. The SMILES string of the molecule is Nc1cc(Cl)ccc1SCCC(=O)Nc1ccccc1F. The van der Waals surface area contributed by atoms with E-state index in [0.717, 1.165) is 4.90 Å². The molecule has 0 unspecified atom stereocenters. The molecule has 0 aromatic heterocycles. The van der Waals surface area contributed by atoms with Crippen molar-refractivity contribution in [1.82, 2.24) is 0 Å². The van der Waals surface area contributed by atoms with Gasteiger partial charge in [0.05, 0.1) is 5.69 Å². The van der Waals surface area contributed by atoms with Crippen molar-refractivity contribution >= 4 is 40.6 Å². The van der Waals surface area contributed by atoms with Crippen molar-refractivity contribution < 1.29 is 9.18 Å². The van der Waals surface area contributed by atoms with Crippen LogP contribution in [0.5, 0.6) is 0 Å². The number of nitrogens with one attached hydrogen (secondary N) is 1. The van der Waals surface area contributed by atoms with Crippen molar-refractivity contribution in [3.63, 3.8) is 0 Å². The van der Waals surface area contributed by atoms with E-state index in [1.54, 1.807) is 24.3 Å². The molecule has 21 heavy (non-hydrogen) atoms. The lowest BCUT2D eigenvalue weighted by atomic mass is 10.3. The van der Waals surface area contributed by atoms with Gasteiger partial charge in [-0.05, 0) is 30.3 Å². The lowest BCUT2D eigenvalue weighted by molar-refractivity contribution is -0.115. The summed E-state index contributed by atoms with van der Waals surface area (Å²) in [4.78, 5) is 12.6. The van der Waals surface area contributed by atoms with Gasteiger partial charge in [0, 0.05) is 27.8 Å². The van der Waals surface area contributed by atoms with E-state index in [1.807, 2.05) is 6.07 Å². The number of carbonyl (C=O) groups excluding carboxylic acids is 1. The third-order valence-corrected chi connectivity index (χ3v) is 4.03. The third kappa shape index (κ3) is 4.65. The van der Waals surface area contributed by atoms with Gasteiger partial charge in [-0.25, -0.2) is 4.39 Å². The van der Waals surface area contributed by atoms with Crippen LogP contribution in [-0.2, 0) is 4.79 Å². The molecule has 0 atom stereocenters. The molecule has 0 spiro atoms. The highest BCUT2D eigenvalue weighted by molar-refractivity contribution is 7.99. The minimum absolute atomic E-state index is 0.193. The summed E-state index contributed by atoms with van der Waals surface area (Å²) in [5, 5.41) is 3.12. The Labute approximate surface area is 131 Å². The van der Waals surface area contributed by atoms with Crippen LogP contribution in [0.4, 0.5) is 15.8 Å². The first-order chi connectivity index (χ1) is 10.1. The number of amides is 1. The maximum atomic E-state index is 13.4. The zero-order valence-corrected chi connectivity index (χ0v) is 12.7. The molecule has 0 aliphatic rings. The van der Waals surface area contributed by atoms with E-state index >= 15 is 0 Å². The number of hydrogen-bond donors (Lipinski definition) is 2. The number of para-hydroxylation sites is 1. The lowest BCUT2D eigenvalue weighted by Gasteiger charge is -2.07. The standard InChI is InChI=1S/C15H14ClFN2OS/c16-10-5-6-14(12(18)9-10)21-8-7-15(20)19-13-4-2-1-3-11(13)17/h1-6,9H,7-8,18H2,(H,19,20). The maximum absolute atomic E-state index is 13.4. The number of rotatable bonds is 5. The monoisotopic (exact) mass is 324 g/mol. The molecule has 110 valence electrons. The number of halogens is 2. The Bertz CT molecular complexity index is 651. The molecule has 2 aromatic rings. The van der Waals surface area contributed by atoms with Gasteiger partial charge in [0.2, 0.25) is 5.91 Å². The highest BCUT2D eigenvalue weighted by Crippen LogP contribution is 2.28. The fraction of sp³-hybridized carbons (Fsp3) is 0.133. The summed E-state index contributed by atoms with van der Waals surface area (Å²) >= 11 is 7.28. The minimum atomic E-state index is -0.444. The predicted octanol–water partition coefficient (Wildman–Crippen LogP) is 4.18. The Hall–Kier alpha value is -1.72. The molecular weight excluding hydrogens is 311 g/mol. The minimum Gasteiger partial charge on any atom is -0.398 e. The van der Waals surface area contributed by atoms with Crippen LogP contribution in [0.25, 0.3) is 0 Å². The molecule has 3 N–H and O–H groups in total. The molecule has 0 aliphatic heterocycles. The molecule has 6 heteroatoms. The fourth-order valence-corrected chi connectivity index (χ4v) is 2.76. The topological polar surface area (TPSA) is 55.1 Å². The summed E-state index contributed by atoms with van der Waals surface area (Å²) in [6.07, 6.45) is 0.265. The zero-order chi connectivity index (χ0) is 15.2. The van der Waals surface area contributed by atoms with Crippen LogP contribution >= 0.6 is 23.4 Å². The number of carbonyl (C=O) groups is 1. The second kappa shape index (κ2) is 7.33. The maximum Gasteiger partial charge on any atom is 0.225 e. The molecule has 0 bridgehead atoms. The number of anilines is 2. The quantitative estimate of drug-likeness (QED) is 0.640.